The molecule has 1 fully saturated rings. The summed E-state index contributed by atoms with van der Waals surface area (Å²) in [6.07, 6.45) is 8.76. The monoisotopic (exact) mass is 572 g/mol. The van der Waals surface area contributed by atoms with E-state index in [4.69, 9.17) is 16.3 Å². The summed E-state index contributed by atoms with van der Waals surface area (Å²) in [5.74, 6) is 0.459. The number of benzene rings is 2. The molecular formula is C30H37ClN2O5S. The molecule has 3 aliphatic rings. The summed E-state index contributed by atoms with van der Waals surface area (Å²) in [6.45, 7) is 3.44. The summed E-state index contributed by atoms with van der Waals surface area (Å²) >= 11 is 6.28. The smallest absolute Gasteiger partial charge is 0.264 e. The maximum Gasteiger partial charge on any atom is 0.264 e. The SMILES string of the molecule is C[C@H]1CC/C=C\[C@@H](O)[C@@H]2CC[C@H]2CN2CCCCc3cc(Cl)ccc3COc3ccc(cc32)C(=O)NS1(=O)=O. The highest BCUT2D eigenvalue weighted by Crippen LogP contribution is 2.41. The lowest BCUT2D eigenvalue weighted by molar-refractivity contribution is 0.0461. The van der Waals surface area contributed by atoms with Crippen LogP contribution < -0.4 is 14.4 Å². The molecule has 0 saturated heterocycles. The van der Waals surface area contributed by atoms with E-state index < -0.39 is 27.3 Å². The van der Waals surface area contributed by atoms with Gasteiger partial charge in [0.05, 0.1) is 17.0 Å². The van der Waals surface area contributed by atoms with Gasteiger partial charge in [0.25, 0.3) is 5.91 Å². The largest absolute Gasteiger partial charge is 0.487 e. The number of rotatable bonds is 0. The first-order chi connectivity index (χ1) is 18.7. The fourth-order valence-corrected chi connectivity index (χ4v) is 7.01. The van der Waals surface area contributed by atoms with E-state index in [9.17, 15) is 18.3 Å². The predicted molar refractivity (Wildman–Crippen MR) is 154 cm³/mol. The van der Waals surface area contributed by atoms with Crippen LogP contribution in [0.15, 0.2) is 48.6 Å². The van der Waals surface area contributed by atoms with Crippen LogP contribution in [0.4, 0.5) is 5.69 Å². The number of allylic oxidation sites excluding steroid dienone is 1. The zero-order chi connectivity index (χ0) is 27.6. The summed E-state index contributed by atoms with van der Waals surface area (Å²) in [7, 11) is -3.86. The molecule has 5 rings (SSSR count). The van der Waals surface area contributed by atoms with Gasteiger partial charge in [-0.2, -0.15) is 0 Å². The first kappa shape index (κ1) is 28.0. The molecule has 210 valence electrons. The summed E-state index contributed by atoms with van der Waals surface area (Å²) in [5.41, 5.74) is 3.29. The molecule has 4 atom stereocenters. The molecule has 1 saturated carbocycles. The Bertz CT molecular complexity index is 1340. The zero-order valence-electron chi connectivity index (χ0n) is 22.3. The van der Waals surface area contributed by atoms with Crippen LogP contribution in [-0.2, 0) is 23.1 Å². The summed E-state index contributed by atoms with van der Waals surface area (Å²) in [4.78, 5) is 15.4. The van der Waals surface area contributed by atoms with Gasteiger partial charge in [-0.25, -0.2) is 13.1 Å². The van der Waals surface area contributed by atoms with Gasteiger partial charge >= 0.3 is 0 Å². The first-order valence-corrected chi connectivity index (χ1v) is 15.8. The maximum atomic E-state index is 13.1. The van der Waals surface area contributed by atoms with Gasteiger partial charge in [-0.3, -0.25) is 4.79 Å². The standard InChI is InChI=1S/C30H37ClN2O5S/c1-20-6-2-3-8-28(34)26-13-10-23(26)18-33-15-5-4-7-21-16-25(31)12-9-24(21)19-38-29-14-11-22(17-27(29)33)30(35)32-39(20,36)37/h3,8-9,11-12,14,16-17,20,23,26,28,34H,2,4-7,10,13,15,18-19H2,1H3,(H,32,35)/b8-3-/t20-,23-,26+,28+/m0/s1. The third-order valence-electron chi connectivity index (χ3n) is 8.45. The predicted octanol–water partition coefficient (Wildman–Crippen LogP) is 5.25. The molecule has 9 heteroatoms. The van der Waals surface area contributed by atoms with E-state index in [2.05, 4.69) is 9.62 Å². The van der Waals surface area contributed by atoms with Gasteiger partial charge in [0, 0.05) is 23.7 Å². The fourth-order valence-electron chi connectivity index (χ4n) is 5.79. The van der Waals surface area contributed by atoms with Crippen LogP contribution in [0.1, 0.15) is 66.9 Å². The van der Waals surface area contributed by atoms with Crippen LogP contribution in [0.2, 0.25) is 5.02 Å². The van der Waals surface area contributed by atoms with E-state index in [-0.39, 0.29) is 11.5 Å². The Morgan fingerprint density at radius 3 is 2.72 bits per heavy atom. The molecule has 0 spiro atoms. The van der Waals surface area contributed by atoms with Crippen LogP contribution in [0.3, 0.4) is 0 Å². The fraction of sp³-hybridized carbons (Fsp3) is 0.500. The van der Waals surface area contributed by atoms with Gasteiger partial charge in [-0.15, -0.1) is 0 Å². The topological polar surface area (TPSA) is 95.9 Å². The second-order valence-electron chi connectivity index (χ2n) is 11.1. The van der Waals surface area contributed by atoms with Crippen molar-refractivity contribution in [2.45, 2.75) is 69.8 Å². The molecule has 0 unspecified atom stereocenters. The Morgan fingerprint density at radius 1 is 1.08 bits per heavy atom. The van der Waals surface area contributed by atoms with E-state index in [1.54, 1.807) is 25.1 Å². The number of ether oxygens (including phenoxy) is 1. The van der Waals surface area contributed by atoms with Gasteiger partial charge in [-0.05, 0) is 105 Å². The Labute approximate surface area is 236 Å². The molecule has 2 aliphatic heterocycles. The molecule has 0 radical (unpaired) electrons. The quantitative estimate of drug-likeness (QED) is 0.419. The van der Waals surface area contributed by atoms with Crippen molar-refractivity contribution in [3.05, 3.63) is 70.3 Å². The van der Waals surface area contributed by atoms with Crippen molar-refractivity contribution >= 4 is 33.2 Å². The number of anilines is 1. The van der Waals surface area contributed by atoms with E-state index in [0.717, 1.165) is 56.4 Å². The second-order valence-corrected chi connectivity index (χ2v) is 13.6. The van der Waals surface area contributed by atoms with Gasteiger partial charge < -0.3 is 14.7 Å². The van der Waals surface area contributed by atoms with Gasteiger partial charge in [0.2, 0.25) is 10.0 Å². The number of sulfonamides is 1. The normalized spacial score (nSPS) is 28.4. The minimum atomic E-state index is -3.86. The van der Waals surface area contributed by atoms with Crippen LogP contribution >= 0.6 is 11.6 Å². The molecule has 2 N–H and O–H groups in total. The lowest BCUT2D eigenvalue weighted by Gasteiger charge is -2.42. The van der Waals surface area contributed by atoms with Gasteiger partial charge in [0.1, 0.15) is 12.4 Å². The Morgan fingerprint density at radius 2 is 1.92 bits per heavy atom. The molecule has 2 bridgehead atoms. The van der Waals surface area contributed by atoms with Crippen molar-refractivity contribution < 1.29 is 23.1 Å². The molecule has 1 amide bonds. The average Bonchev–Trinajstić information content (AvgIpc) is 2.91. The molecule has 2 aromatic carbocycles. The first-order valence-electron chi connectivity index (χ1n) is 13.9. The number of aryl methyl sites for hydroxylation is 1. The summed E-state index contributed by atoms with van der Waals surface area (Å²) in [6, 6.07) is 11.0. The van der Waals surface area contributed by atoms with Crippen molar-refractivity contribution in [1.29, 1.82) is 0 Å². The van der Waals surface area contributed by atoms with Crippen molar-refractivity contribution in [3.63, 3.8) is 0 Å². The lowest BCUT2D eigenvalue weighted by atomic mass is 9.70. The van der Waals surface area contributed by atoms with Crippen molar-refractivity contribution in [2.75, 3.05) is 18.0 Å². The third kappa shape index (κ3) is 6.44. The van der Waals surface area contributed by atoms with Crippen LogP contribution in [0.25, 0.3) is 0 Å². The van der Waals surface area contributed by atoms with Gasteiger partial charge in [0.15, 0.2) is 0 Å². The number of hydrogen-bond donors (Lipinski definition) is 2. The highest BCUT2D eigenvalue weighted by molar-refractivity contribution is 7.90. The second kappa shape index (κ2) is 11.9. The number of aliphatic hydroxyl groups excluding tert-OH is 1. The lowest BCUT2D eigenvalue weighted by Crippen LogP contribution is -2.43. The van der Waals surface area contributed by atoms with Gasteiger partial charge in [-0.1, -0.05) is 29.8 Å². The number of hydrogen-bond acceptors (Lipinski definition) is 6. The molecule has 1 aliphatic carbocycles. The Hall–Kier alpha value is -2.55. The highest BCUT2D eigenvalue weighted by Gasteiger charge is 2.37. The molecule has 7 nitrogen and oxygen atoms in total. The van der Waals surface area contributed by atoms with Crippen LogP contribution in [-0.4, -0.2) is 43.9 Å². The number of nitrogens with zero attached hydrogens (tertiary/aromatic N) is 1. The number of carbonyl (C=O) groups is 1. The van der Waals surface area contributed by atoms with Crippen molar-refractivity contribution in [3.8, 4) is 5.75 Å². The van der Waals surface area contributed by atoms with E-state index in [1.165, 1.54) is 5.56 Å². The van der Waals surface area contributed by atoms with Crippen molar-refractivity contribution in [1.82, 2.24) is 4.72 Å². The van der Waals surface area contributed by atoms with Crippen LogP contribution in [0, 0.1) is 11.8 Å². The zero-order valence-corrected chi connectivity index (χ0v) is 23.9. The molecule has 2 heterocycles. The summed E-state index contributed by atoms with van der Waals surface area (Å²) < 4.78 is 34.4. The molecule has 0 aromatic heterocycles. The molecule has 39 heavy (non-hydrogen) atoms. The summed E-state index contributed by atoms with van der Waals surface area (Å²) in [5, 5.41) is 10.9. The average molecular weight is 573 g/mol. The van der Waals surface area contributed by atoms with Crippen molar-refractivity contribution in [2.24, 2.45) is 11.8 Å². The minimum Gasteiger partial charge on any atom is -0.487 e. The molecule has 2 aromatic rings. The third-order valence-corrected chi connectivity index (χ3v) is 10.4. The number of fused-ring (bicyclic) bond motifs is 3. The number of amides is 1. The highest BCUT2D eigenvalue weighted by atomic mass is 35.5. The molecular weight excluding hydrogens is 536 g/mol. The number of halogens is 1. The Balaban J connectivity index is 1.53. The number of aliphatic hydroxyl groups is 1. The van der Waals surface area contributed by atoms with E-state index >= 15 is 0 Å². The van der Waals surface area contributed by atoms with Crippen LogP contribution in [0.5, 0.6) is 5.75 Å². The number of carbonyl (C=O) groups excluding carboxylic acids is 1. The minimum absolute atomic E-state index is 0.149. The number of nitrogens with one attached hydrogen (secondary N) is 1. The Kier molecular flexibility index (Phi) is 8.55. The maximum absolute atomic E-state index is 13.1. The van der Waals surface area contributed by atoms with E-state index in [0.29, 0.717) is 36.1 Å². The van der Waals surface area contributed by atoms with E-state index in [1.807, 2.05) is 30.4 Å².